The average molecular weight is 185 g/mol. The van der Waals surface area contributed by atoms with Gasteiger partial charge in [-0.25, -0.2) is 0 Å². The minimum atomic E-state index is -0.0825. The van der Waals surface area contributed by atoms with Gasteiger partial charge in [-0.1, -0.05) is 5.57 Å². The Kier molecular flexibility index (Phi) is 5.26. The number of hydrogen-bond donors (Lipinski definition) is 1. The van der Waals surface area contributed by atoms with Gasteiger partial charge < -0.3 is 10.5 Å². The summed E-state index contributed by atoms with van der Waals surface area (Å²) in [5.74, 6) is 0. The fraction of sp³-hybridized carbons (Fsp3) is 0.818. The van der Waals surface area contributed by atoms with Crippen LogP contribution in [0.1, 0.15) is 40.5 Å². The molecule has 13 heavy (non-hydrogen) atoms. The number of ether oxygens (including phenoxy) is 1. The Morgan fingerprint density at radius 2 is 2.00 bits per heavy atom. The first-order valence-corrected chi connectivity index (χ1v) is 4.85. The molecule has 0 heterocycles. The molecule has 0 spiro atoms. The minimum absolute atomic E-state index is 0.0825. The Labute approximate surface area is 82.2 Å². The highest BCUT2D eigenvalue weighted by molar-refractivity contribution is 4.88. The van der Waals surface area contributed by atoms with Gasteiger partial charge in [0.15, 0.2) is 0 Å². The van der Waals surface area contributed by atoms with Crippen molar-refractivity contribution in [3.05, 3.63) is 12.2 Å². The molecule has 0 saturated heterocycles. The third kappa shape index (κ3) is 9.57. The fourth-order valence-corrected chi connectivity index (χ4v) is 0.872. The van der Waals surface area contributed by atoms with Gasteiger partial charge in [-0.15, -0.1) is 6.58 Å². The van der Waals surface area contributed by atoms with Gasteiger partial charge in [0.05, 0.1) is 12.2 Å². The van der Waals surface area contributed by atoms with E-state index in [1.165, 1.54) is 5.57 Å². The van der Waals surface area contributed by atoms with Crippen molar-refractivity contribution in [2.75, 3.05) is 6.61 Å². The number of allylic oxidation sites excluding steroid dienone is 1. The lowest BCUT2D eigenvalue weighted by molar-refractivity contribution is -0.0107. The van der Waals surface area contributed by atoms with Crippen molar-refractivity contribution in [1.29, 1.82) is 0 Å². The van der Waals surface area contributed by atoms with E-state index in [9.17, 15) is 0 Å². The summed E-state index contributed by atoms with van der Waals surface area (Å²) in [6, 6.07) is 0.135. The summed E-state index contributed by atoms with van der Waals surface area (Å²) in [5.41, 5.74) is 6.97. The highest BCUT2D eigenvalue weighted by Crippen LogP contribution is 2.09. The van der Waals surface area contributed by atoms with Crippen LogP contribution in [0, 0.1) is 0 Å². The van der Waals surface area contributed by atoms with Gasteiger partial charge in [0.2, 0.25) is 0 Å². The van der Waals surface area contributed by atoms with E-state index < -0.39 is 0 Å². The van der Waals surface area contributed by atoms with Gasteiger partial charge in [0.25, 0.3) is 0 Å². The van der Waals surface area contributed by atoms with Crippen molar-refractivity contribution in [1.82, 2.24) is 0 Å². The molecule has 0 aliphatic carbocycles. The lowest BCUT2D eigenvalue weighted by Crippen LogP contribution is -2.31. The molecule has 0 bridgehead atoms. The smallest absolute Gasteiger partial charge is 0.0624 e. The van der Waals surface area contributed by atoms with Crippen LogP contribution in [0.5, 0.6) is 0 Å². The molecule has 1 atom stereocenters. The molecule has 2 heteroatoms. The van der Waals surface area contributed by atoms with Crippen LogP contribution < -0.4 is 5.73 Å². The molecular formula is C11H23NO. The molecule has 0 aliphatic heterocycles. The Morgan fingerprint density at radius 3 is 2.38 bits per heavy atom. The van der Waals surface area contributed by atoms with Crippen molar-refractivity contribution >= 4 is 0 Å². The molecule has 78 valence electrons. The van der Waals surface area contributed by atoms with E-state index in [2.05, 4.69) is 6.58 Å². The lowest BCUT2D eigenvalue weighted by Gasteiger charge is -2.22. The van der Waals surface area contributed by atoms with Crippen LogP contribution in [-0.4, -0.2) is 18.2 Å². The number of nitrogens with two attached hydrogens (primary N) is 1. The van der Waals surface area contributed by atoms with E-state index in [0.717, 1.165) is 12.8 Å². The molecule has 0 saturated carbocycles. The fourth-order valence-electron chi connectivity index (χ4n) is 0.872. The quantitative estimate of drug-likeness (QED) is 0.668. The molecule has 0 aromatic rings. The summed E-state index contributed by atoms with van der Waals surface area (Å²) in [7, 11) is 0. The normalized spacial score (nSPS) is 14.2. The van der Waals surface area contributed by atoms with E-state index in [1.54, 1.807) is 0 Å². The average Bonchev–Trinajstić information content (AvgIpc) is 1.95. The molecule has 0 aromatic heterocycles. The molecule has 1 unspecified atom stereocenters. The third-order valence-electron chi connectivity index (χ3n) is 1.67. The first-order valence-electron chi connectivity index (χ1n) is 4.85. The van der Waals surface area contributed by atoms with E-state index in [4.69, 9.17) is 10.5 Å². The lowest BCUT2D eigenvalue weighted by atomic mass is 10.1. The second-order valence-electron chi connectivity index (χ2n) is 4.68. The molecule has 2 nitrogen and oxygen atoms in total. The molecule has 0 amide bonds. The minimum Gasteiger partial charge on any atom is -0.374 e. The van der Waals surface area contributed by atoms with Crippen molar-refractivity contribution < 1.29 is 4.74 Å². The van der Waals surface area contributed by atoms with Gasteiger partial charge in [-0.2, -0.15) is 0 Å². The van der Waals surface area contributed by atoms with Gasteiger partial charge in [-0.05, 0) is 40.5 Å². The second kappa shape index (κ2) is 5.40. The predicted octanol–water partition coefficient (Wildman–Crippen LogP) is 2.49. The van der Waals surface area contributed by atoms with E-state index >= 15 is 0 Å². The van der Waals surface area contributed by atoms with Gasteiger partial charge in [-0.3, -0.25) is 0 Å². The summed E-state index contributed by atoms with van der Waals surface area (Å²) in [6.45, 7) is 12.6. The van der Waals surface area contributed by atoms with Gasteiger partial charge in [0.1, 0.15) is 0 Å². The zero-order chi connectivity index (χ0) is 10.5. The van der Waals surface area contributed by atoms with Crippen molar-refractivity contribution in [2.24, 2.45) is 5.73 Å². The van der Waals surface area contributed by atoms with E-state index in [-0.39, 0.29) is 11.6 Å². The van der Waals surface area contributed by atoms with Crippen LogP contribution in [0.3, 0.4) is 0 Å². The van der Waals surface area contributed by atoms with E-state index in [1.807, 2.05) is 27.7 Å². The maximum absolute atomic E-state index is 5.86. The molecule has 0 aliphatic rings. The summed E-state index contributed by atoms with van der Waals surface area (Å²) >= 11 is 0. The van der Waals surface area contributed by atoms with Crippen LogP contribution in [-0.2, 0) is 4.74 Å². The third-order valence-corrected chi connectivity index (χ3v) is 1.67. The van der Waals surface area contributed by atoms with Crippen molar-refractivity contribution in [3.8, 4) is 0 Å². The first kappa shape index (κ1) is 12.7. The summed E-state index contributed by atoms with van der Waals surface area (Å²) in [6.07, 6.45) is 1.96. The van der Waals surface area contributed by atoms with Crippen LogP contribution in [0.2, 0.25) is 0 Å². The molecule has 0 rings (SSSR count). The first-order chi connectivity index (χ1) is 5.81. The largest absolute Gasteiger partial charge is 0.374 e. The summed E-state index contributed by atoms with van der Waals surface area (Å²) in [5, 5.41) is 0. The molecule has 0 radical (unpaired) electrons. The SMILES string of the molecule is C=C(C)CCC(N)COC(C)(C)C. The molecular weight excluding hydrogens is 162 g/mol. The van der Waals surface area contributed by atoms with Crippen molar-refractivity contribution in [3.63, 3.8) is 0 Å². The maximum Gasteiger partial charge on any atom is 0.0624 e. The monoisotopic (exact) mass is 185 g/mol. The maximum atomic E-state index is 5.86. The number of hydrogen-bond acceptors (Lipinski definition) is 2. The Bertz CT molecular complexity index is 158. The van der Waals surface area contributed by atoms with Crippen molar-refractivity contribution in [2.45, 2.75) is 52.2 Å². The number of rotatable bonds is 5. The Hall–Kier alpha value is -0.340. The Morgan fingerprint density at radius 1 is 1.46 bits per heavy atom. The zero-order valence-corrected chi connectivity index (χ0v) is 9.39. The van der Waals surface area contributed by atoms with Crippen LogP contribution in [0.15, 0.2) is 12.2 Å². The van der Waals surface area contributed by atoms with Gasteiger partial charge in [0, 0.05) is 6.04 Å². The highest BCUT2D eigenvalue weighted by Gasteiger charge is 2.12. The topological polar surface area (TPSA) is 35.2 Å². The highest BCUT2D eigenvalue weighted by atomic mass is 16.5. The van der Waals surface area contributed by atoms with Crippen LogP contribution >= 0.6 is 0 Å². The van der Waals surface area contributed by atoms with Gasteiger partial charge >= 0.3 is 0 Å². The molecule has 0 fully saturated rings. The second-order valence-corrected chi connectivity index (χ2v) is 4.68. The molecule has 0 aromatic carbocycles. The predicted molar refractivity (Wildman–Crippen MR) is 57.7 cm³/mol. The molecule has 2 N–H and O–H groups in total. The summed E-state index contributed by atoms with van der Waals surface area (Å²) in [4.78, 5) is 0. The Balaban J connectivity index is 3.52. The van der Waals surface area contributed by atoms with E-state index in [0.29, 0.717) is 6.61 Å². The van der Waals surface area contributed by atoms with Crippen LogP contribution in [0.4, 0.5) is 0 Å². The standard InChI is InChI=1S/C11H23NO/c1-9(2)6-7-10(12)8-13-11(3,4)5/h10H,1,6-8,12H2,2-5H3. The zero-order valence-electron chi connectivity index (χ0n) is 9.39. The van der Waals surface area contributed by atoms with Crippen LogP contribution in [0.25, 0.3) is 0 Å². The summed E-state index contributed by atoms with van der Waals surface area (Å²) < 4.78 is 5.57.